The Labute approximate surface area is 170 Å². The van der Waals surface area contributed by atoms with Gasteiger partial charge in [0.1, 0.15) is 18.1 Å². The van der Waals surface area contributed by atoms with Crippen LogP contribution >= 0.6 is 11.6 Å². The van der Waals surface area contributed by atoms with Crippen LogP contribution < -0.4 is 4.74 Å². The SMILES string of the molecule is CC(C)C(C(=O)OCc1cccc(Oc2ccccc2)c1)c1cccc(Cl)c1. The van der Waals surface area contributed by atoms with Gasteiger partial charge in [0.05, 0.1) is 5.92 Å². The average Bonchev–Trinajstić information content (AvgIpc) is 2.67. The van der Waals surface area contributed by atoms with Crippen LogP contribution in [0.5, 0.6) is 11.5 Å². The van der Waals surface area contributed by atoms with Crippen molar-refractivity contribution >= 4 is 17.6 Å². The average molecular weight is 395 g/mol. The van der Waals surface area contributed by atoms with E-state index in [2.05, 4.69) is 0 Å². The molecule has 144 valence electrons. The summed E-state index contributed by atoms with van der Waals surface area (Å²) in [6, 6.07) is 24.5. The second-order valence-electron chi connectivity index (χ2n) is 6.95. The van der Waals surface area contributed by atoms with Crippen LogP contribution in [-0.2, 0) is 16.1 Å². The molecular weight excluding hydrogens is 372 g/mol. The maximum absolute atomic E-state index is 12.7. The van der Waals surface area contributed by atoms with Crippen molar-refractivity contribution in [1.29, 1.82) is 0 Å². The molecule has 0 aliphatic rings. The monoisotopic (exact) mass is 394 g/mol. The van der Waals surface area contributed by atoms with Crippen LogP contribution in [0.4, 0.5) is 0 Å². The number of hydrogen-bond donors (Lipinski definition) is 0. The van der Waals surface area contributed by atoms with Gasteiger partial charge in [-0.3, -0.25) is 4.79 Å². The molecule has 0 aromatic heterocycles. The van der Waals surface area contributed by atoms with Gasteiger partial charge in [-0.25, -0.2) is 0 Å². The van der Waals surface area contributed by atoms with Gasteiger partial charge < -0.3 is 9.47 Å². The predicted octanol–water partition coefficient (Wildman–Crippen LogP) is 6.62. The summed E-state index contributed by atoms with van der Waals surface area (Å²) in [6.07, 6.45) is 0. The van der Waals surface area contributed by atoms with Crippen LogP contribution in [-0.4, -0.2) is 5.97 Å². The normalized spacial score (nSPS) is 11.9. The van der Waals surface area contributed by atoms with E-state index in [1.54, 1.807) is 6.07 Å². The van der Waals surface area contributed by atoms with Crippen molar-refractivity contribution in [3.63, 3.8) is 0 Å². The first-order valence-electron chi connectivity index (χ1n) is 9.27. The zero-order valence-corrected chi connectivity index (χ0v) is 16.7. The Balaban J connectivity index is 1.67. The lowest BCUT2D eigenvalue weighted by Gasteiger charge is -2.20. The number of carbonyl (C=O) groups excluding carboxylic acids is 1. The Morgan fingerprint density at radius 3 is 2.32 bits per heavy atom. The number of hydrogen-bond acceptors (Lipinski definition) is 3. The molecule has 3 rings (SSSR count). The maximum Gasteiger partial charge on any atom is 0.314 e. The molecule has 0 saturated heterocycles. The predicted molar refractivity (Wildman–Crippen MR) is 112 cm³/mol. The van der Waals surface area contributed by atoms with Crippen LogP contribution in [0.1, 0.15) is 30.9 Å². The zero-order chi connectivity index (χ0) is 19.9. The lowest BCUT2D eigenvalue weighted by molar-refractivity contribution is -0.148. The van der Waals surface area contributed by atoms with Gasteiger partial charge in [-0.2, -0.15) is 0 Å². The van der Waals surface area contributed by atoms with Gasteiger partial charge in [0, 0.05) is 5.02 Å². The van der Waals surface area contributed by atoms with E-state index in [1.807, 2.05) is 86.6 Å². The van der Waals surface area contributed by atoms with Crippen molar-refractivity contribution in [2.75, 3.05) is 0 Å². The minimum Gasteiger partial charge on any atom is -0.460 e. The van der Waals surface area contributed by atoms with E-state index in [0.717, 1.165) is 16.9 Å². The molecule has 0 amide bonds. The zero-order valence-electron chi connectivity index (χ0n) is 16.0. The van der Waals surface area contributed by atoms with Crippen LogP contribution in [0.2, 0.25) is 5.02 Å². The minimum atomic E-state index is -0.359. The van der Waals surface area contributed by atoms with E-state index >= 15 is 0 Å². The summed E-state index contributed by atoms with van der Waals surface area (Å²) >= 11 is 6.09. The van der Waals surface area contributed by atoms with Crippen LogP contribution in [0, 0.1) is 5.92 Å². The first-order valence-corrected chi connectivity index (χ1v) is 9.64. The fourth-order valence-electron chi connectivity index (χ4n) is 3.06. The molecule has 0 spiro atoms. The van der Waals surface area contributed by atoms with E-state index in [4.69, 9.17) is 21.1 Å². The third-order valence-corrected chi connectivity index (χ3v) is 4.62. The van der Waals surface area contributed by atoms with Gasteiger partial charge in [0.25, 0.3) is 0 Å². The number of carbonyl (C=O) groups is 1. The summed E-state index contributed by atoms with van der Waals surface area (Å²) in [5, 5.41) is 0.613. The smallest absolute Gasteiger partial charge is 0.314 e. The topological polar surface area (TPSA) is 35.5 Å². The molecular formula is C24H23ClO3. The molecule has 0 aliphatic carbocycles. The van der Waals surface area contributed by atoms with E-state index in [0.29, 0.717) is 10.8 Å². The number of ether oxygens (including phenoxy) is 2. The Morgan fingerprint density at radius 1 is 0.893 bits per heavy atom. The quantitative estimate of drug-likeness (QED) is 0.422. The second kappa shape index (κ2) is 9.43. The highest BCUT2D eigenvalue weighted by Gasteiger charge is 2.26. The summed E-state index contributed by atoms with van der Waals surface area (Å²) < 4.78 is 11.5. The van der Waals surface area contributed by atoms with Crippen molar-refractivity contribution in [2.24, 2.45) is 5.92 Å². The van der Waals surface area contributed by atoms with Gasteiger partial charge >= 0.3 is 5.97 Å². The van der Waals surface area contributed by atoms with E-state index in [9.17, 15) is 4.79 Å². The lowest BCUT2D eigenvalue weighted by atomic mass is 9.88. The summed E-state index contributed by atoms with van der Waals surface area (Å²) in [4.78, 5) is 12.7. The Morgan fingerprint density at radius 2 is 1.61 bits per heavy atom. The van der Waals surface area contributed by atoms with Crippen LogP contribution in [0.3, 0.4) is 0 Å². The molecule has 0 N–H and O–H groups in total. The first-order chi connectivity index (χ1) is 13.5. The van der Waals surface area contributed by atoms with E-state index < -0.39 is 0 Å². The van der Waals surface area contributed by atoms with Gasteiger partial charge in [0.15, 0.2) is 0 Å². The Hall–Kier alpha value is -2.78. The molecule has 1 unspecified atom stereocenters. The third-order valence-electron chi connectivity index (χ3n) is 4.39. The molecule has 0 heterocycles. The minimum absolute atomic E-state index is 0.0960. The molecule has 3 nitrogen and oxygen atoms in total. The molecule has 4 heteroatoms. The number of halogens is 1. The molecule has 0 aliphatic heterocycles. The fourth-order valence-corrected chi connectivity index (χ4v) is 3.26. The van der Waals surface area contributed by atoms with Crippen molar-refractivity contribution in [3.05, 3.63) is 95.0 Å². The third kappa shape index (κ3) is 5.37. The van der Waals surface area contributed by atoms with Crippen molar-refractivity contribution in [1.82, 2.24) is 0 Å². The number of rotatable bonds is 7. The van der Waals surface area contributed by atoms with Gasteiger partial charge in [-0.05, 0) is 53.4 Å². The Kier molecular flexibility index (Phi) is 6.72. The molecule has 0 bridgehead atoms. The molecule has 0 radical (unpaired) electrons. The second-order valence-corrected chi connectivity index (χ2v) is 7.38. The molecule has 0 saturated carbocycles. The number of esters is 1. The highest BCUT2D eigenvalue weighted by Crippen LogP contribution is 2.28. The van der Waals surface area contributed by atoms with Crippen molar-refractivity contribution in [2.45, 2.75) is 26.4 Å². The fraction of sp³-hybridized carbons (Fsp3) is 0.208. The van der Waals surface area contributed by atoms with Gasteiger partial charge in [0.2, 0.25) is 0 Å². The molecule has 3 aromatic rings. The standard InChI is InChI=1S/C24H23ClO3/c1-17(2)23(19-9-7-10-20(25)15-19)24(26)27-16-18-8-6-13-22(14-18)28-21-11-4-3-5-12-21/h3-15,17,23H,16H2,1-2H3. The van der Waals surface area contributed by atoms with Gasteiger partial charge in [-0.1, -0.05) is 67.9 Å². The van der Waals surface area contributed by atoms with E-state index in [-0.39, 0.29) is 24.4 Å². The first kappa shape index (κ1) is 20.0. The molecule has 3 aromatic carbocycles. The highest BCUT2D eigenvalue weighted by molar-refractivity contribution is 6.30. The van der Waals surface area contributed by atoms with Crippen LogP contribution in [0.15, 0.2) is 78.9 Å². The van der Waals surface area contributed by atoms with Crippen molar-refractivity contribution < 1.29 is 14.3 Å². The number of para-hydroxylation sites is 1. The lowest BCUT2D eigenvalue weighted by Crippen LogP contribution is -2.20. The van der Waals surface area contributed by atoms with Crippen LogP contribution in [0.25, 0.3) is 0 Å². The summed E-state index contributed by atoms with van der Waals surface area (Å²) in [5.74, 6) is 0.945. The van der Waals surface area contributed by atoms with Crippen molar-refractivity contribution in [3.8, 4) is 11.5 Å². The summed E-state index contributed by atoms with van der Waals surface area (Å²) in [5.41, 5.74) is 1.74. The molecule has 0 fully saturated rings. The molecule has 1 atom stereocenters. The molecule has 28 heavy (non-hydrogen) atoms. The van der Waals surface area contributed by atoms with Gasteiger partial charge in [-0.15, -0.1) is 0 Å². The summed E-state index contributed by atoms with van der Waals surface area (Å²) in [6.45, 7) is 4.19. The maximum atomic E-state index is 12.7. The Bertz CT molecular complexity index is 922. The summed E-state index contributed by atoms with van der Waals surface area (Å²) in [7, 11) is 0. The highest BCUT2D eigenvalue weighted by atomic mass is 35.5. The number of benzene rings is 3. The van der Waals surface area contributed by atoms with E-state index in [1.165, 1.54) is 0 Å². The largest absolute Gasteiger partial charge is 0.460 e.